The van der Waals surface area contributed by atoms with Crippen LogP contribution in [0.2, 0.25) is 0 Å². The smallest absolute Gasteiger partial charge is 0.339 e. The maximum Gasteiger partial charge on any atom is 0.339 e. The van der Waals surface area contributed by atoms with Crippen molar-refractivity contribution in [2.24, 2.45) is 0 Å². The number of ether oxygens (including phenoxy) is 1. The largest absolute Gasteiger partial charge is 0.465 e. The van der Waals surface area contributed by atoms with Crippen molar-refractivity contribution in [3.05, 3.63) is 89.5 Å². The van der Waals surface area contributed by atoms with Crippen molar-refractivity contribution in [2.45, 2.75) is 25.2 Å². The van der Waals surface area contributed by atoms with Crippen LogP contribution in [-0.2, 0) is 26.0 Å². The summed E-state index contributed by atoms with van der Waals surface area (Å²) in [5, 5.41) is 2.65. The molecule has 33 heavy (non-hydrogen) atoms. The van der Waals surface area contributed by atoms with E-state index in [-0.39, 0.29) is 16.1 Å². The SMILES string of the molecule is CCc1ccccc1N(CC(=O)Nc1ccccc1C(=O)OC)S(=O)(=O)c1ccc(C)cc1. The van der Waals surface area contributed by atoms with Crippen molar-refractivity contribution < 1.29 is 22.7 Å². The molecular weight excluding hydrogens is 440 g/mol. The number of hydrogen-bond acceptors (Lipinski definition) is 5. The fourth-order valence-corrected chi connectivity index (χ4v) is 4.85. The lowest BCUT2D eigenvalue weighted by Crippen LogP contribution is -2.38. The fourth-order valence-electron chi connectivity index (χ4n) is 3.39. The summed E-state index contributed by atoms with van der Waals surface area (Å²) < 4.78 is 33.1. The number of benzene rings is 3. The van der Waals surface area contributed by atoms with Gasteiger partial charge in [0, 0.05) is 0 Å². The van der Waals surface area contributed by atoms with Crippen molar-refractivity contribution in [3.63, 3.8) is 0 Å². The molecule has 0 saturated carbocycles. The van der Waals surface area contributed by atoms with Gasteiger partial charge in [-0.2, -0.15) is 0 Å². The Morgan fingerprint density at radius 3 is 2.24 bits per heavy atom. The molecule has 3 aromatic carbocycles. The minimum atomic E-state index is -4.04. The predicted molar refractivity (Wildman–Crippen MR) is 128 cm³/mol. The van der Waals surface area contributed by atoms with Crippen molar-refractivity contribution in [1.82, 2.24) is 0 Å². The number of nitrogens with one attached hydrogen (secondary N) is 1. The summed E-state index contributed by atoms with van der Waals surface area (Å²) in [6.07, 6.45) is 0.586. The normalized spacial score (nSPS) is 11.0. The van der Waals surface area contributed by atoms with Gasteiger partial charge >= 0.3 is 5.97 Å². The van der Waals surface area contributed by atoms with Gasteiger partial charge in [0.2, 0.25) is 5.91 Å². The van der Waals surface area contributed by atoms with Gasteiger partial charge in [-0.05, 0) is 49.2 Å². The highest BCUT2D eigenvalue weighted by molar-refractivity contribution is 7.92. The number of carbonyl (C=O) groups excluding carboxylic acids is 2. The van der Waals surface area contributed by atoms with E-state index in [1.54, 1.807) is 42.5 Å². The third-order valence-electron chi connectivity index (χ3n) is 5.14. The Bertz CT molecular complexity index is 1250. The zero-order valence-corrected chi connectivity index (χ0v) is 19.6. The molecule has 0 unspecified atom stereocenters. The Balaban J connectivity index is 2.00. The van der Waals surface area contributed by atoms with Gasteiger partial charge in [0.15, 0.2) is 0 Å². The van der Waals surface area contributed by atoms with Crippen LogP contribution in [0.4, 0.5) is 11.4 Å². The molecule has 0 saturated heterocycles. The topological polar surface area (TPSA) is 92.8 Å². The third-order valence-corrected chi connectivity index (χ3v) is 6.92. The average Bonchev–Trinajstić information content (AvgIpc) is 2.82. The Hall–Kier alpha value is -3.65. The summed E-state index contributed by atoms with van der Waals surface area (Å²) in [4.78, 5) is 25.1. The number of esters is 1. The van der Waals surface area contributed by atoms with E-state index in [2.05, 4.69) is 5.32 Å². The van der Waals surface area contributed by atoms with E-state index < -0.39 is 28.4 Å². The lowest BCUT2D eigenvalue weighted by molar-refractivity contribution is -0.114. The molecule has 0 bridgehead atoms. The molecule has 0 fully saturated rings. The summed E-state index contributed by atoms with van der Waals surface area (Å²) in [7, 11) is -2.79. The molecule has 0 radical (unpaired) electrons. The van der Waals surface area contributed by atoms with E-state index in [9.17, 15) is 18.0 Å². The quantitative estimate of drug-likeness (QED) is 0.503. The summed E-state index contributed by atoms with van der Waals surface area (Å²) in [6.45, 7) is 3.32. The molecule has 3 aromatic rings. The number of sulfonamides is 1. The van der Waals surface area contributed by atoms with E-state index in [0.29, 0.717) is 12.1 Å². The second-order valence-electron chi connectivity index (χ2n) is 7.39. The highest BCUT2D eigenvalue weighted by Crippen LogP contribution is 2.28. The maximum absolute atomic E-state index is 13.6. The van der Waals surface area contributed by atoms with Crippen molar-refractivity contribution in [2.75, 3.05) is 23.3 Å². The zero-order valence-electron chi connectivity index (χ0n) is 18.7. The van der Waals surface area contributed by atoms with Gasteiger partial charge in [-0.1, -0.05) is 55.0 Å². The first kappa shape index (κ1) is 24.0. The lowest BCUT2D eigenvalue weighted by Gasteiger charge is -2.26. The molecule has 1 N–H and O–H groups in total. The number of aryl methyl sites for hydroxylation is 2. The van der Waals surface area contributed by atoms with Crippen LogP contribution in [-0.4, -0.2) is 33.9 Å². The molecule has 0 aromatic heterocycles. The van der Waals surface area contributed by atoms with Gasteiger partial charge < -0.3 is 10.1 Å². The van der Waals surface area contributed by atoms with Gasteiger partial charge in [-0.15, -0.1) is 0 Å². The van der Waals surface area contributed by atoms with Crippen LogP contribution in [0, 0.1) is 6.92 Å². The molecule has 8 heteroatoms. The minimum Gasteiger partial charge on any atom is -0.465 e. The Morgan fingerprint density at radius 2 is 1.58 bits per heavy atom. The van der Waals surface area contributed by atoms with Gasteiger partial charge in [-0.3, -0.25) is 9.10 Å². The summed E-state index contributed by atoms with van der Waals surface area (Å²) in [5.74, 6) is -1.20. The average molecular weight is 467 g/mol. The number of carbonyl (C=O) groups is 2. The number of hydrogen-bond donors (Lipinski definition) is 1. The molecule has 0 aliphatic rings. The monoisotopic (exact) mass is 466 g/mol. The first-order chi connectivity index (χ1) is 15.8. The van der Waals surface area contributed by atoms with Crippen molar-refractivity contribution >= 4 is 33.3 Å². The van der Waals surface area contributed by atoms with E-state index in [4.69, 9.17) is 4.74 Å². The van der Waals surface area contributed by atoms with Gasteiger partial charge in [0.1, 0.15) is 6.54 Å². The third kappa shape index (κ3) is 5.40. The van der Waals surface area contributed by atoms with Crippen LogP contribution in [0.25, 0.3) is 0 Å². The zero-order chi connectivity index (χ0) is 24.0. The van der Waals surface area contributed by atoms with Crippen LogP contribution in [0.15, 0.2) is 77.7 Å². The highest BCUT2D eigenvalue weighted by Gasteiger charge is 2.29. The van der Waals surface area contributed by atoms with E-state index in [1.807, 2.05) is 26.0 Å². The predicted octanol–water partition coefficient (Wildman–Crippen LogP) is 4.18. The van der Waals surface area contributed by atoms with Gasteiger partial charge in [-0.25, -0.2) is 13.2 Å². The van der Waals surface area contributed by atoms with Crippen LogP contribution >= 0.6 is 0 Å². The Kier molecular flexibility index (Phi) is 7.50. The van der Waals surface area contributed by atoms with Gasteiger partial charge in [0.25, 0.3) is 10.0 Å². The van der Waals surface area contributed by atoms with Crippen LogP contribution in [0.5, 0.6) is 0 Å². The minimum absolute atomic E-state index is 0.0850. The molecule has 172 valence electrons. The molecule has 0 heterocycles. The number of anilines is 2. The number of amides is 1. The second-order valence-corrected chi connectivity index (χ2v) is 9.25. The standard InChI is InChI=1S/C25H26N2O5S/c1-4-19-9-5-8-12-23(19)27(33(30,31)20-15-13-18(2)14-16-20)17-24(28)26-22-11-7-6-10-21(22)25(29)32-3/h5-16H,4,17H2,1-3H3,(H,26,28). The number of para-hydroxylation sites is 2. The number of rotatable bonds is 8. The van der Waals surface area contributed by atoms with Crippen molar-refractivity contribution in [3.8, 4) is 0 Å². The van der Waals surface area contributed by atoms with Gasteiger partial charge in [0.05, 0.1) is 28.9 Å². The Morgan fingerprint density at radius 1 is 0.939 bits per heavy atom. The van der Waals surface area contributed by atoms with E-state index in [0.717, 1.165) is 15.4 Å². The van der Waals surface area contributed by atoms with Crippen molar-refractivity contribution in [1.29, 1.82) is 0 Å². The molecular formula is C25H26N2O5S. The number of methoxy groups -OCH3 is 1. The molecule has 0 aliphatic carbocycles. The highest BCUT2D eigenvalue weighted by atomic mass is 32.2. The fraction of sp³-hybridized carbons (Fsp3) is 0.200. The summed E-state index contributed by atoms with van der Waals surface area (Å²) >= 11 is 0. The van der Waals surface area contributed by atoms with Crippen LogP contribution in [0.1, 0.15) is 28.4 Å². The maximum atomic E-state index is 13.6. The van der Waals surface area contributed by atoms with Crippen LogP contribution in [0.3, 0.4) is 0 Å². The lowest BCUT2D eigenvalue weighted by atomic mass is 10.1. The molecule has 7 nitrogen and oxygen atoms in total. The van der Waals surface area contributed by atoms with E-state index in [1.165, 1.54) is 25.3 Å². The number of nitrogens with zero attached hydrogens (tertiary/aromatic N) is 1. The molecule has 3 rings (SSSR count). The second kappa shape index (κ2) is 10.3. The summed E-state index contributed by atoms with van der Waals surface area (Å²) in [5.41, 5.74) is 2.56. The molecule has 0 aliphatic heterocycles. The summed E-state index contributed by atoms with van der Waals surface area (Å²) in [6, 6.07) is 19.9. The molecule has 0 spiro atoms. The van der Waals surface area contributed by atoms with Crippen LogP contribution < -0.4 is 9.62 Å². The first-order valence-electron chi connectivity index (χ1n) is 10.4. The van der Waals surface area contributed by atoms with E-state index >= 15 is 0 Å². The molecule has 0 atom stereocenters. The Labute approximate surface area is 194 Å². The first-order valence-corrected chi connectivity index (χ1v) is 11.9. The molecule has 1 amide bonds.